The van der Waals surface area contributed by atoms with Crippen molar-refractivity contribution < 1.29 is 4.79 Å². The van der Waals surface area contributed by atoms with E-state index < -0.39 is 6.17 Å². The lowest BCUT2D eigenvalue weighted by atomic mass is 10.0. The molecule has 1 fully saturated rings. The molecule has 98 valence electrons. The number of hydrogen-bond acceptors (Lipinski definition) is 4. The van der Waals surface area contributed by atoms with E-state index in [0.717, 1.165) is 29.3 Å². The number of carbonyl (C=O) groups is 1. The van der Waals surface area contributed by atoms with Crippen LogP contribution in [-0.2, 0) is 4.79 Å². The highest BCUT2D eigenvalue weighted by Gasteiger charge is 2.25. The van der Waals surface area contributed by atoms with Gasteiger partial charge in [0.05, 0.1) is 6.04 Å². The zero-order chi connectivity index (χ0) is 13.2. The van der Waals surface area contributed by atoms with Gasteiger partial charge in [-0.2, -0.15) is 0 Å². The van der Waals surface area contributed by atoms with Gasteiger partial charge in [0.1, 0.15) is 6.17 Å². The molecular formula is C14H16N4O. The van der Waals surface area contributed by atoms with E-state index in [0.29, 0.717) is 0 Å². The number of amides is 1. The van der Waals surface area contributed by atoms with Gasteiger partial charge in [-0.05, 0) is 36.0 Å². The van der Waals surface area contributed by atoms with Gasteiger partial charge in [-0.15, -0.1) is 0 Å². The minimum atomic E-state index is -0.479. The summed E-state index contributed by atoms with van der Waals surface area (Å²) in [6.45, 7) is 0.899. The number of rotatable bonds is 3. The summed E-state index contributed by atoms with van der Waals surface area (Å²) in [6.07, 6.45) is 3.95. The Balaban J connectivity index is 1.77. The number of aromatic nitrogens is 1. The van der Waals surface area contributed by atoms with E-state index in [1.165, 1.54) is 0 Å². The molecule has 1 unspecified atom stereocenters. The predicted octanol–water partition coefficient (Wildman–Crippen LogP) is 0.670. The standard InChI is InChI=1S/C14H16N4O/c15-13(18-14(19)12-4-6-17-12)10-1-2-11-8-16-5-3-9(11)7-10/h1-3,5,7-8,12-13,17H,4,6,15H2,(H,18,19)/t12-,13?/m0/s1. The molecule has 1 saturated heterocycles. The van der Waals surface area contributed by atoms with Crippen molar-refractivity contribution in [3.05, 3.63) is 42.2 Å². The summed E-state index contributed by atoms with van der Waals surface area (Å²) in [6, 6.07) is 7.71. The largest absolute Gasteiger partial charge is 0.336 e. The van der Waals surface area contributed by atoms with E-state index in [2.05, 4.69) is 15.6 Å². The van der Waals surface area contributed by atoms with Crippen molar-refractivity contribution in [2.75, 3.05) is 6.54 Å². The van der Waals surface area contributed by atoms with Gasteiger partial charge in [0.25, 0.3) is 0 Å². The Morgan fingerprint density at radius 3 is 3.00 bits per heavy atom. The number of benzene rings is 1. The lowest BCUT2D eigenvalue weighted by Gasteiger charge is -2.28. The number of hydrogen-bond donors (Lipinski definition) is 3. The van der Waals surface area contributed by atoms with E-state index in [1.807, 2.05) is 30.5 Å². The molecule has 4 N–H and O–H groups in total. The first-order chi connectivity index (χ1) is 9.24. The number of pyridine rings is 1. The average Bonchev–Trinajstić information content (AvgIpc) is 2.36. The Hall–Kier alpha value is -1.98. The minimum absolute atomic E-state index is 0.0337. The normalized spacial score (nSPS) is 19.7. The van der Waals surface area contributed by atoms with Gasteiger partial charge < -0.3 is 16.4 Å². The highest BCUT2D eigenvalue weighted by Crippen LogP contribution is 2.17. The molecule has 19 heavy (non-hydrogen) atoms. The quantitative estimate of drug-likeness (QED) is 0.705. The van der Waals surface area contributed by atoms with E-state index in [-0.39, 0.29) is 11.9 Å². The maximum absolute atomic E-state index is 11.8. The van der Waals surface area contributed by atoms with E-state index in [4.69, 9.17) is 5.73 Å². The highest BCUT2D eigenvalue weighted by molar-refractivity contribution is 5.84. The summed E-state index contributed by atoms with van der Waals surface area (Å²) in [5, 5.41) is 8.01. The summed E-state index contributed by atoms with van der Waals surface area (Å²) in [7, 11) is 0. The Labute approximate surface area is 111 Å². The Morgan fingerprint density at radius 2 is 2.26 bits per heavy atom. The number of carbonyl (C=O) groups excluding carboxylic acids is 1. The molecule has 0 bridgehead atoms. The fraction of sp³-hybridized carbons (Fsp3) is 0.286. The van der Waals surface area contributed by atoms with Crippen molar-refractivity contribution in [2.45, 2.75) is 18.6 Å². The van der Waals surface area contributed by atoms with Crippen molar-refractivity contribution in [1.82, 2.24) is 15.6 Å². The molecule has 2 heterocycles. The van der Waals surface area contributed by atoms with Crippen LogP contribution in [0.3, 0.4) is 0 Å². The second kappa shape index (κ2) is 4.95. The molecule has 1 aliphatic heterocycles. The summed E-state index contributed by atoms with van der Waals surface area (Å²) in [5.74, 6) is -0.0337. The van der Waals surface area contributed by atoms with Crippen molar-refractivity contribution in [2.24, 2.45) is 5.73 Å². The Bertz CT molecular complexity index is 609. The molecule has 0 saturated carbocycles. The number of nitrogens with one attached hydrogen (secondary N) is 2. The fourth-order valence-corrected chi connectivity index (χ4v) is 2.14. The molecule has 2 atom stereocenters. The van der Waals surface area contributed by atoms with Crippen LogP contribution in [0, 0.1) is 0 Å². The number of nitrogens with two attached hydrogens (primary N) is 1. The zero-order valence-corrected chi connectivity index (χ0v) is 10.5. The minimum Gasteiger partial charge on any atom is -0.336 e. The Kier molecular flexibility index (Phi) is 3.15. The lowest BCUT2D eigenvalue weighted by molar-refractivity contribution is -0.125. The monoisotopic (exact) mass is 256 g/mol. The molecule has 0 spiro atoms. The second-order valence-electron chi connectivity index (χ2n) is 4.76. The van der Waals surface area contributed by atoms with Gasteiger partial charge in [-0.1, -0.05) is 12.1 Å². The first-order valence-electron chi connectivity index (χ1n) is 6.37. The van der Waals surface area contributed by atoms with Gasteiger partial charge in [0, 0.05) is 17.8 Å². The summed E-state index contributed by atoms with van der Waals surface area (Å²) in [5.41, 5.74) is 6.92. The van der Waals surface area contributed by atoms with Gasteiger partial charge in [0.15, 0.2) is 0 Å². The Morgan fingerprint density at radius 1 is 1.42 bits per heavy atom. The van der Waals surface area contributed by atoms with Crippen molar-refractivity contribution in [3.8, 4) is 0 Å². The summed E-state index contributed by atoms with van der Waals surface area (Å²) in [4.78, 5) is 15.9. The molecular weight excluding hydrogens is 240 g/mol. The van der Waals surface area contributed by atoms with Gasteiger partial charge in [-0.3, -0.25) is 9.78 Å². The van der Waals surface area contributed by atoms with Crippen LogP contribution in [0.5, 0.6) is 0 Å². The van der Waals surface area contributed by atoms with Crippen LogP contribution in [0.4, 0.5) is 0 Å². The van der Waals surface area contributed by atoms with E-state index >= 15 is 0 Å². The molecule has 2 aromatic rings. The highest BCUT2D eigenvalue weighted by atomic mass is 16.2. The van der Waals surface area contributed by atoms with Crippen LogP contribution >= 0.6 is 0 Å². The average molecular weight is 256 g/mol. The number of nitrogens with zero attached hydrogens (tertiary/aromatic N) is 1. The molecule has 5 heteroatoms. The first kappa shape index (κ1) is 12.1. The summed E-state index contributed by atoms with van der Waals surface area (Å²) < 4.78 is 0. The fourth-order valence-electron chi connectivity index (χ4n) is 2.14. The molecule has 0 radical (unpaired) electrons. The SMILES string of the molecule is NC(NC(=O)[C@@H]1CCN1)c1ccc2cnccc2c1. The topological polar surface area (TPSA) is 80.0 Å². The van der Waals surface area contributed by atoms with Gasteiger partial charge >= 0.3 is 0 Å². The van der Waals surface area contributed by atoms with Crippen LogP contribution in [0.15, 0.2) is 36.7 Å². The maximum Gasteiger partial charge on any atom is 0.238 e. The third-order valence-electron chi connectivity index (χ3n) is 3.46. The molecule has 1 aromatic carbocycles. The van der Waals surface area contributed by atoms with Crippen LogP contribution in [-0.4, -0.2) is 23.5 Å². The van der Waals surface area contributed by atoms with E-state index in [1.54, 1.807) is 6.20 Å². The zero-order valence-electron chi connectivity index (χ0n) is 10.5. The molecule has 5 nitrogen and oxygen atoms in total. The second-order valence-corrected chi connectivity index (χ2v) is 4.76. The van der Waals surface area contributed by atoms with Gasteiger partial charge in [-0.25, -0.2) is 0 Å². The molecule has 0 aliphatic carbocycles. The number of fused-ring (bicyclic) bond motifs is 1. The first-order valence-corrected chi connectivity index (χ1v) is 6.37. The van der Waals surface area contributed by atoms with Crippen molar-refractivity contribution >= 4 is 16.7 Å². The lowest BCUT2D eigenvalue weighted by Crippen LogP contribution is -2.54. The van der Waals surface area contributed by atoms with E-state index in [9.17, 15) is 4.79 Å². The van der Waals surface area contributed by atoms with Crippen molar-refractivity contribution in [1.29, 1.82) is 0 Å². The third kappa shape index (κ3) is 2.43. The van der Waals surface area contributed by atoms with Crippen molar-refractivity contribution in [3.63, 3.8) is 0 Å². The smallest absolute Gasteiger partial charge is 0.238 e. The van der Waals surface area contributed by atoms with Crippen LogP contribution in [0.25, 0.3) is 10.8 Å². The molecule has 1 amide bonds. The summed E-state index contributed by atoms with van der Waals surface area (Å²) >= 11 is 0. The van der Waals surface area contributed by atoms with Crippen LogP contribution < -0.4 is 16.4 Å². The third-order valence-corrected chi connectivity index (χ3v) is 3.46. The molecule has 1 aromatic heterocycles. The molecule has 1 aliphatic rings. The van der Waals surface area contributed by atoms with Crippen LogP contribution in [0.1, 0.15) is 18.2 Å². The van der Waals surface area contributed by atoms with Crippen LogP contribution in [0.2, 0.25) is 0 Å². The predicted molar refractivity (Wildman–Crippen MR) is 73.2 cm³/mol. The van der Waals surface area contributed by atoms with Gasteiger partial charge in [0.2, 0.25) is 5.91 Å². The maximum atomic E-state index is 11.8. The molecule has 3 rings (SSSR count).